The van der Waals surface area contributed by atoms with Crippen LogP contribution in [0, 0.1) is 12.8 Å². The van der Waals surface area contributed by atoms with Crippen molar-refractivity contribution in [2.75, 3.05) is 19.6 Å². The third-order valence-corrected chi connectivity index (χ3v) is 6.29. The number of aromatic amines is 1. The number of alkyl halides is 3. The van der Waals surface area contributed by atoms with Crippen LogP contribution in [0.2, 0.25) is 0 Å². The Labute approximate surface area is 166 Å². The number of likely N-dealkylation sites (tertiary alicyclic amines) is 1. The average Bonchev–Trinajstić information content (AvgIpc) is 3.24. The molecule has 0 amide bonds. The Bertz CT molecular complexity index is 1030. The minimum Gasteiger partial charge on any atom is -0.302 e. The molecule has 0 radical (unpaired) electrons. The molecule has 8 heteroatoms. The lowest BCUT2D eigenvalue weighted by atomic mass is 9.93. The third kappa shape index (κ3) is 3.90. The molecule has 2 atom stereocenters. The lowest BCUT2D eigenvalue weighted by Gasteiger charge is -2.21. The van der Waals surface area contributed by atoms with Gasteiger partial charge in [-0.05, 0) is 50.3 Å². The summed E-state index contributed by atoms with van der Waals surface area (Å²) in [7, 11) is 0. The van der Waals surface area contributed by atoms with Gasteiger partial charge in [0.05, 0.1) is 5.56 Å². The quantitative estimate of drug-likeness (QED) is 0.750. The number of benzene rings is 1. The van der Waals surface area contributed by atoms with Crippen molar-refractivity contribution in [2.24, 2.45) is 5.92 Å². The molecule has 1 aromatic carbocycles. The first-order chi connectivity index (χ1) is 13.7. The van der Waals surface area contributed by atoms with Gasteiger partial charge in [-0.25, -0.2) is 4.79 Å². The number of halogens is 3. The molecule has 2 fully saturated rings. The van der Waals surface area contributed by atoms with E-state index in [4.69, 9.17) is 0 Å². The van der Waals surface area contributed by atoms with Gasteiger partial charge in [-0.1, -0.05) is 18.2 Å². The van der Waals surface area contributed by atoms with Crippen LogP contribution in [0.4, 0.5) is 13.2 Å². The van der Waals surface area contributed by atoms with Crippen molar-refractivity contribution in [1.29, 1.82) is 0 Å². The molecular weight excluding hydrogens is 383 g/mol. The van der Waals surface area contributed by atoms with Gasteiger partial charge >= 0.3 is 11.9 Å². The number of piperidine rings is 1. The molecule has 1 aliphatic heterocycles. The van der Waals surface area contributed by atoms with Gasteiger partial charge in [0, 0.05) is 36.8 Å². The van der Waals surface area contributed by atoms with E-state index < -0.39 is 17.4 Å². The first-order valence-corrected chi connectivity index (χ1v) is 9.89. The Hall–Kier alpha value is -2.35. The summed E-state index contributed by atoms with van der Waals surface area (Å²) in [6, 6.07) is 5.78. The zero-order valence-electron chi connectivity index (χ0n) is 16.3. The minimum absolute atomic E-state index is 0.131. The van der Waals surface area contributed by atoms with Crippen molar-refractivity contribution in [3.63, 3.8) is 0 Å². The van der Waals surface area contributed by atoms with Gasteiger partial charge in [-0.15, -0.1) is 0 Å². The van der Waals surface area contributed by atoms with Crippen molar-refractivity contribution >= 4 is 0 Å². The monoisotopic (exact) mass is 407 g/mol. The normalized spacial score (nSPS) is 23.9. The molecule has 0 unspecified atom stereocenters. The molecule has 156 valence electrons. The molecule has 29 heavy (non-hydrogen) atoms. The number of aromatic nitrogens is 2. The first-order valence-electron chi connectivity index (χ1n) is 9.89. The summed E-state index contributed by atoms with van der Waals surface area (Å²) in [4.78, 5) is 27.8. The van der Waals surface area contributed by atoms with Crippen LogP contribution in [-0.2, 0) is 18.1 Å². The highest BCUT2D eigenvalue weighted by molar-refractivity contribution is 5.40. The Balaban J connectivity index is 1.32. The van der Waals surface area contributed by atoms with E-state index in [0.29, 0.717) is 18.0 Å². The standard InChI is InChI=1S/C21H24F3N3O2/c1-14-11-27(19(29)25-18(14)28)8-3-2-7-26-12-17-10-20(17,13-26)15-5-4-6-16(9-15)21(22,23)24/h4-6,9,11,17H,2-3,7-8,10,12-13H2,1H3,(H,25,28,29)/t17-,20+/m0/s1. The van der Waals surface area contributed by atoms with E-state index in [1.807, 2.05) is 6.07 Å². The number of hydrogen-bond donors (Lipinski definition) is 1. The molecular formula is C21H24F3N3O2. The number of H-pyrrole nitrogens is 1. The van der Waals surface area contributed by atoms with Gasteiger partial charge in [0.15, 0.2) is 0 Å². The van der Waals surface area contributed by atoms with E-state index in [2.05, 4.69) is 9.88 Å². The summed E-state index contributed by atoms with van der Waals surface area (Å²) in [6.07, 6.45) is -0.0989. The van der Waals surface area contributed by atoms with Gasteiger partial charge in [-0.3, -0.25) is 9.78 Å². The van der Waals surface area contributed by atoms with E-state index in [-0.39, 0.29) is 11.0 Å². The highest BCUT2D eigenvalue weighted by atomic mass is 19.4. The number of nitrogens with one attached hydrogen (secondary N) is 1. The van der Waals surface area contributed by atoms with Crippen LogP contribution in [0.1, 0.15) is 36.0 Å². The van der Waals surface area contributed by atoms with Crippen molar-refractivity contribution in [1.82, 2.24) is 14.5 Å². The summed E-state index contributed by atoms with van der Waals surface area (Å²) in [5.74, 6) is 0.426. The van der Waals surface area contributed by atoms with Crippen LogP contribution in [0.5, 0.6) is 0 Å². The van der Waals surface area contributed by atoms with Gasteiger partial charge in [0.1, 0.15) is 0 Å². The lowest BCUT2D eigenvalue weighted by Crippen LogP contribution is -2.31. The minimum atomic E-state index is -4.31. The second-order valence-electron chi connectivity index (χ2n) is 8.34. The van der Waals surface area contributed by atoms with E-state index in [0.717, 1.165) is 50.5 Å². The molecule has 2 aliphatic rings. The second-order valence-corrected chi connectivity index (χ2v) is 8.34. The fourth-order valence-corrected chi connectivity index (χ4v) is 4.61. The summed E-state index contributed by atoms with van der Waals surface area (Å²) in [6.45, 7) is 4.75. The fraction of sp³-hybridized carbons (Fsp3) is 0.524. The topological polar surface area (TPSA) is 58.1 Å². The zero-order valence-corrected chi connectivity index (χ0v) is 16.3. The van der Waals surface area contributed by atoms with Crippen molar-refractivity contribution in [2.45, 2.75) is 44.3 Å². The highest BCUT2D eigenvalue weighted by Crippen LogP contribution is 2.59. The van der Waals surface area contributed by atoms with Gasteiger partial charge < -0.3 is 9.47 Å². The summed E-state index contributed by atoms with van der Waals surface area (Å²) in [5, 5.41) is 0. The maximum atomic E-state index is 13.0. The van der Waals surface area contributed by atoms with Crippen molar-refractivity contribution < 1.29 is 13.2 Å². The number of rotatable bonds is 6. The number of aryl methyl sites for hydroxylation is 2. The number of nitrogens with zero attached hydrogens (tertiary/aromatic N) is 2. The average molecular weight is 407 g/mol. The molecule has 4 rings (SSSR count). The van der Waals surface area contributed by atoms with E-state index in [9.17, 15) is 22.8 Å². The smallest absolute Gasteiger partial charge is 0.302 e. The SMILES string of the molecule is Cc1cn(CCCCN2C[C@@H]3C[C@]3(c3cccc(C(F)(F)F)c3)C2)c(=O)[nH]c1=O. The largest absolute Gasteiger partial charge is 0.416 e. The Kier molecular flexibility index (Phi) is 4.93. The molecule has 0 spiro atoms. The first kappa shape index (κ1) is 19.9. The summed E-state index contributed by atoms with van der Waals surface area (Å²) < 4.78 is 40.6. The molecule has 1 aromatic heterocycles. The van der Waals surface area contributed by atoms with Gasteiger partial charge in [-0.2, -0.15) is 13.2 Å². The third-order valence-electron chi connectivity index (χ3n) is 6.29. The lowest BCUT2D eigenvalue weighted by molar-refractivity contribution is -0.137. The second kappa shape index (κ2) is 7.16. The summed E-state index contributed by atoms with van der Waals surface area (Å²) in [5.41, 5.74) is -0.153. The molecule has 1 saturated carbocycles. The zero-order chi connectivity index (χ0) is 20.8. The Morgan fingerprint density at radius 2 is 1.97 bits per heavy atom. The number of hydrogen-bond acceptors (Lipinski definition) is 3. The molecule has 1 N–H and O–H groups in total. The van der Waals surface area contributed by atoms with E-state index in [1.54, 1.807) is 13.1 Å². The van der Waals surface area contributed by atoms with Crippen LogP contribution in [-0.4, -0.2) is 34.1 Å². The predicted molar refractivity (Wildman–Crippen MR) is 103 cm³/mol. The maximum Gasteiger partial charge on any atom is 0.416 e. The molecule has 2 heterocycles. The Morgan fingerprint density at radius 3 is 2.72 bits per heavy atom. The van der Waals surface area contributed by atoms with Crippen LogP contribution in [0.25, 0.3) is 0 Å². The van der Waals surface area contributed by atoms with Gasteiger partial charge in [0.25, 0.3) is 5.56 Å². The number of fused-ring (bicyclic) bond motifs is 1. The highest BCUT2D eigenvalue weighted by Gasteiger charge is 2.60. The van der Waals surface area contributed by atoms with Crippen molar-refractivity contribution in [3.05, 3.63) is 68.0 Å². The summed E-state index contributed by atoms with van der Waals surface area (Å²) >= 11 is 0. The maximum absolute atomic E-state index is 13.0. The van der Waals surface area contributed by atoms with Crippen LogP contribution in [0.15, 0.2) is 40.1 Å². The molecule has 5 nitrogen and oxygen atoms in total. The van der Waals surface area contributed by atoms with Crippen LogP contribution in [0.3, 0.4) is 0 Å². The van der Waals surface area contributed by atoms with Gasteiger partial charge in [0.2, 0.25) is 0 Å². The number of unbranched alkanes of at least 4 members (excludes halogenated alkanes) is 1. The molecule has 0 bridgehead atoms. The Morgan fingerprint density at radius 1 is 1.21 bits per heavy atom. The van der Waals surface area contributed by atoms with Crippen LogP contribution >= 0.6 is 0 Å². The van der Waals surface area contributed by atoms with E-state index in [1.165, 1.54) is 16.7 Å². The molecule has 2 aromatic rings. The van der Waals surface area contributed by atoms with Crippen molar-refractivity contribution in [3.8, 4) is 0 Å². The molecule has 1 aliphatic carbocycles. The predicted octanol–water partition coefficient (Wildman–Crippen LogP) is 2.92. The van der Waals surface area contributed by atoms with E-state index >= 15 is 0 Å². The fourth-order valence-electron chi connectivity index (χ4n) is 4.61. The van der Waals surface area contributed by atoms with Crippen LogP contribution < -0.4 is 11.2 Å². The molecule has 1 saturated heterocycles.